The van der Waals surface area contributed by atoms with E-state index in [2.05, 4.69) is 11.2 Å². The molecule has 0 atom stereocenters. The number of terminal acetylenes is 1. The van der Waals surface area contributed by atoms with Crippen molar-refractivity contribution in [3.8, 4) is 12.3 Å². The molecule has 9 heteroatoms. The summed E-state index contributed by atoms with van der Waals surface area (Å²) >= 11 is 16.7. The van der Waals surface area contributed by atoms with Crippen LogP contribution in [0.15, 0.2) is 33.8 Å². The van der Waals surface area contributed by atoms with Gasteiger partial charge in [-0.15, -0.1) is 6.42 Å². The maximum atomic E-state index is 12.9. The van der Waals surface area contributed by atoms with Crippen molar-refractivity contribution >= 4 is 46.5 Å². The number of hydrogen-bond donors (Lipinski definition) is 1. The largest absolute Gasteiger partial charge is 0.418 e. The number of anilines is 1. The van der Waals surface area contributed by atoms with Crippen LogP contribution >= 0.6 is 34.8 Å². The summed E-state index contributed by atoms with van der Waals surface area (Å²) in [5.41, 5.74) is -1.38. The smallest absolute Gasteiger partial charge is 0.308 e. The average Bonchev–Trinajstić information content (AvgIpc) is 2.45. The molecule has 2 amide bonds. The normalized spacial score (nSPS) is 10.7. The van der Waals surface area contributed by atoms with E-state index >= 15 is 0 Å². The van der Waals surface area contributed by atoms with Crippen LogP contribution in [0.25, 0.3) is 0 Å². The topological polar surface area (TPSA) is 32.3 Å². The van der Waals surface area contributed by atoms with Gasteiger partial charge in [-0.3, -0.25) is 0 Å². The zero-order valence-corrected chi connectivity index (χ0v) is 13.7. The number of para-hydroxylation sites is 1. The van der Waals surface area contributed by atoms with Gasteiger partial charge in [-0.2, -0.15) is 13.2 Å². The fourth-order valence-corrected chi connectivity index (χ4v) is 1.83. The predicted octanol–water partition coefficient (Wildman–Crippen LogP) is 5.06. The van der Waals surface area contributed by atoms with E-state index < -0.39 is 23.5 Å². The molecule has 0 radical (unpaired) electrons. The fraction of sp³-hybridized carbons (Fsp3) is 0.214. The van der Waals surface area contributed by atoms with Crippen molar-refractivity contribution in [3.63, 3.8) is 0 Å². The molecule has 0 saturated heterocycles. The Hall–Kier alpha value is -1.55. The van der Waals surface area contributed by atoms with Gasteiger partial charge in [0.05, 0.1) is 29.4 Å². The highest BCUT2D eigenvalue weighted by Crippen LogP contribution is 2.34. The summed E-state index contributed by atoms with van der Waals surface area (Å²) in [6, 6.07) is 3.68. The van der Waals surface area contributed by atoms with Crippen LogP contribution in [0.1, 0.15) is 5.56 Å². The number of alkyl halides is 3. The van der Waals surface area contributed by atoms with Crippen LogP contribution in [-0.4, -0.2) is 24.0 Å². The molecule has 0 aliphatic carbocycles. The zero-order chi connectivity index (χ0) is 17.6. The summed E-state index contributed by atoms with van der Waals surface area (Å²) in [4.78, 5) is 13.1. The molecule has 1 aromatic rings. The van der Waals surface area contributed by atoms with Crippen LogP contribution in [0.5, 0.6) is 0 Å². The molecule has 3 nitrogen and oxygen atoms in total. The van der Waals surface area contributed by atoms with Crippen LogP contribution in [0.2, 0.25) is 0 Å². The highest BCUT2D eigenvalue weighted by Gasteiger charge is 2.33. The van der Waals surface area contributed by atoms with E-state index in [0.717, 1.165) is 17.0 Å². The minimum absolute atomic E-state index is 0.0668. The Balaban J connectivity index is 3.01. The van der Waals surface area contributed by atoms with Crippen LogP contribution in [-0.2, 0) is 6.18 Å². The maximum Gasteiger partial charge on any atom is 0.418 e. The molecule has 0 saturated carbocycles. The van der Waals surface area contributed by atoms with Crippen LogP contribution < -0.4 is 5.32 Å². The number of benzene rings is 1. The molecule has 124 valence electrons. The van der Waals surface area contributed by atoms with Crippen LogP contribution in [0.3, 0.4) is 0 Å². The van der Waals surface area contributed by atoms with E-state index in [0.29, 0.717) is 0 Å². The third kappa shape index (κ3) is 5.87. The first-order valence-electron chi connectivity index (χ1n) is 6.02. The minimum atomic E-state index is -4.61. The number of hydrogen-bond acceptors (Lipinski definition) is 1. The molecular formula is C14H10Cl3F3N2O. The quantitative estimate of drug-likeness (QED) is 0.722. The van der Waals surface area contributed by atoms with Crippen LogP contribution in [0, 0.1) is 12.3 Å². The molecule has 0 aliphatic heterocycles. The Morgan fingerprint density at radius 1 is 1.26 bits per heavy atom. The molecule has 0 aliphatic rings. The molecule has 0 heterocycles. The van der Waals surface area contributed by atoms with Gasteiger partial charge in [0.2, 0.25) is 0 Å². The molecule has 1 N–H and O–H groups in total. The molecule has 1 aromatic carbocycles. The Morgan fingerprint density at radius 2 is 1.87 bits per heavy atom. The summed E-state index contributed by atoms with van der Waals surface area (Å²) in [6.45, 7) is -0.439. The molecule has 0 aromatic heterocycles. The average molecular weight is 386 g/mol. The van der Waals surface area contributed by atoms with Crippen molar-refractivity contribution in [2.75, 3.05) is 18.4 Å². The van der Waals surface area contributed by atoms with Crippen molar-refractivity contribution in [2.24, 2.45) is 0 Å². The standard InChI is InChI=1S/C14H10Cl3F3N2O/c1-2-7-22(8-10(15)12(16)17)13(23)21-11-6-4-3-5-9(11)14(18,19)20/h1,3-6H,7-8H2,(H,21,23). The zero-order valence-electron chi connectivity index (χ0n) is 11.4. The second kappa shape index (κ2) is 8.34. The number of carbonyl (C=O) groups is 1. The van der Waals surface area contributed by atoms with Crippen molar-refractivity contribution in [3.05, 3.63) is 39.4 Å². The lowest BCUT2D eigenvalue weighted by Crippen LogP contribution is -2.36. The Kier molecular flexibility index (Phi) is 7.07. The third-order valence-electron chi connectivity index (χ3n) is 2.58. The number of carbonyl (C=O) groups excluding carboxylic acids is 1. The Labute approximate surface area is 146 Å². The van der Waals surface area contributed by atoms with E-state index in [9.17, 15) is 18.0 Å². The molecule has 0 spiro atoms. The minimum Gasteiger partial charge on any atom is -0.308 e. The predicted molar refractivity (Wildman–Crippen MR) is 85.5 cm³/mol. The number of nitrogens with zero attached hydrogens (tertiary/aromatic N) is 1. The van der Waals surface area contributed by atoms with Crippen molar-refractivity contribution in [2.45, 2.75) is 6.18 Å². The van der Waals surface area contributed by atoms with Crippen molar-refractivity contribution < 1.29 is 18.0 Å². The molecule has 0 unspecified atom stereocenters. The molecular weight excluding hydrogens is 376 g/mol. The van der Waals surface area contributed by atoms with Gasteiger partial charge in [0, 0.05) is 0 Å². The van der Waals surface area contributed by atoms with Gasteiger partial charge in [0.25, 0.3) is 0 Å². The molecule has 0 fully saturated rings. The first-order valence-corrected chi connectivity index (χ1v) is 7.15. The van der Waals surface area contributed by atoms with Gasteiger partial charge in [-0.05, 0) is 12.1 Å². The lowest BCUT2D eigenvalue weighted by Gasteiger charge is -2.22. The van der Waals surface area contributed by atoms with Gasteiger partial charge < -0.3 is 10.2 Å². The van der Waals surface area contributed by atoms with E-state index in [-0.39, 0.29) is 22.6 Å². The first kappa shape index (κ1) is 19.5. The highest BCUT2D eigenvalue weighted by atomic mass is 35.5. The summed E-state index contributed by atoms with van der Waals surface area (Å²) in [6.07, 6.45) is 0.522. The number of rotatable bonds is 4. The third-order valence-corrected chi connectivity index (χ3v) is 3.54. The van der Waals surface area contributed by atoms with E-state index in [4.69, 9.17) is 41.2 Å². The lowest BCUT2D eigenvalue weighted by atomic mass is 10.1. The molecule has 0 bridgehead atoms. The first-order chi connectivity index (χ1) is 10.7. The summed E-state index contributed by atoms with van der Waals surface area (Å²) in [5, 5.41) is 2.08. The summed E-state index contributed by atoms with van der Waals surface area (Å²) in [5.74, 6) is 2.20. The molecule has 23 heavy (non-hydrogen) atoms. The SMILES string of the molecule is C#CCN(CC(Cl)=C(Cl)Cl)C(=O)Nc1ccccc1C(F)(F)F. The van der Waals surface area contributed by atoms with Gasteiger partial charge in [-0.1, -0.05) is 52.9 Å². The lowest BCUT2D eigenvalue weighted by molar-refractivity contribution is -0.136. The number of amides is 2. The summed E-state index contributed by atoms with van der Waals surface area (Å²) < 4.78 is 38.4. The summed E-state index contributed by atoms with van der Waals surface area (Å²) in [7, 11) is 0. The van der Waals surface area contributed by atoms with Crippen molar-refractivity contribution in [1.29, 1.82) is 0 Å². The van der Waals surface area contributed by atoms with E-state index in [1.165, 1.54) is 12.1 Å². The monoisotopic (exact) mass is 384 g/mol. The number of halogens is 6. The fourth-order valence-electron chi connectivity index (χ4n) is 1.57. The Bertz CT molecular complexity index is 649. The number of nitrogens with one attached hydrogen (secondary N) is 1. The Morgan fingerprint density at radius 3 is 2.39 bits per heavy atom. The second-order valence-corrected chi connectivity index (χ2v) is 5.60. The number of urea groups is 1. The van der Waals surface area contributed by atoms with Gasteiger partial charge in [0.15, 0.2) is 0 Å². The molecule has 1 rings (SSSR count). The highest BCUT2D eigenvalue weighted by molar-refractivity contribution is 6.59. The van der Waals surface area contributed by atoms with Gasteiger partial charge in [-0.25, -0.2) is 4.79 Å². The van der Waals surface area contributed by atoms with E-state index in [1.54, 1.807) is 0 Å². The van der Waals surface area contributed by atoms with Gasteiger partial charge >= 0.3 is 12.2 Å². The second-order valence-electron chi connectivity index (χ2n) is 4.20. The van der Waals surface area contributed by atoms with E-state index in [1.807, 2.05) is 0 Å². The van der Waals surface area contributed by atoms with Gasteiger partial charge in [0.1, 0.15) is 4.49 Å². The van der Waals surface area contributed by atoms with Crippen LogP contribution in [0.4, 0.5) is 23.7 Å². The maximum absolute atomic E-state index is 12.9. The van der Waals surface area contributed by atoms with Crippen molar-refractivity contribution in [1.82, 2.24) is 4.90 Å².